The minimum Gasteiger partial charge on any atom is -0.392 e. The summed E-state index contributed by atoms with van der Waals surface area (Å²) in [6.45, 7) is 4.11. The maximum Gasteiger partial charge on any atom is 0.398 e. The van der Waals surface area contributed by atoms with Crippen LogP contribution >= 0.6 is 11.8 Å². The van der Waals surface area contributed by atoms with Gasteiger partial charge in [0.05, 0.1) is 11.9 Å². The van der Waals surface area contributed by atoms with Crippen LogP contribution in [-0.2, 0) is 0 Å². The molecule has 19 heavy (non-hydrogen) atoms. The average molecular weight is 293 g/mol. The predicted octanol–water partition coefficient (Wildman–Crippen LogP) is 3.37. The minimum atomic E-state index is -4.14. The average Bonchev–Trinajstić information content (AvgIpc) is 2.33. The highest BCUT2D eigenvalue weighted by Crippen LogP contribution is 2.27. The third-order valence-corrected chi connectivity index (χ3v) is 3.58. The SMILES string of the molecule is CC(O)CNC(C)c1ccc(SCC(F)(F)F)cc1. The van der Waals surface area contributed by atoms with Crippen LogP contribution in [-0.4, -0.2) is 29.7 Å². The van der Waals surface area contributed by atoms with E-state index in [1.807, 2.05) is 6.92 Å². The van der Waals surface area contributed by atoms with Crippen LogP contribution < -0.4 is 5.32 Å². The maximum absolute atomic E-state index is 12.1. The molecule has 2 atom stereocenters. The van der Waals surface area contributed by atoms with Gasteiger partial charge in [-0.3, -0.25) is 0 Å². The molecule has 1 rings (SSSR count). The largest absolute Gasteiger partial charge is 0.398 e. The summed E-state index contributed by atoms with van der Waals surface area (Å²) < 4.78 is 36.2. The number of aliphatic hydroxyl groups excluding tert-OH is 1. The molecule has 0 aliphatic heterocycles. The van der Waals surface area contributed by atoms with E-state index in [1.165, 1.54) is 0 Å². The van der Waals surface area contributed by atoms with E-state index in [9.17, 15) is 13.2 Å². The van der Waals surface area contributed by atoms with Gasteiger partial charge < -0.3 is 10.4 Å². The first-order valence-corrected chi connectivity index (χ1v) is 6.97. The molecule has 0 bridgehead atoms. The van der Waals surface area contributed by atoms with Gasteiger partial charge in [0.15, 0.2) is 0 Å². The van der Waals surface area contributed by atoms with E-state index in [4.69, 9.17) is 5.11 Å². The molecule has 0 aliphatic rings. The molecule has 2 unspecified atom stereocenters. The van der Waals surface area contributed by atoms with E-state index < -0.39 is 18.0 Å². The van der Waals surface area contributed by atoms with Gasteiger partial charge in [-0.05, 0) is 31.5 Å². The van der Waals surface area contributed by atoms with Crippen molar-refractivity contribution in [3.05, 3.63) is 29.8 Å². The smallest absolute Gasteiger partial charge is 0.392 e. The fourth-order valence-corrected chi connectivity index (χ4v) is 2.14. The maximum atomic E-state index is 12.1. The third kappa shape index (κ3) is 6.84. The van der Waals surface area contributed by atoms with Crippen LogP contribution in [0.5, 0.6) is 0 Å². The number of alkyl halides is 3. The number of aliphatic hydroxyl groups is 1. The molecule has 6 heteroatoms. The van der Waals surface area contributed by atoms with Crippen molar-refractivity contribution in [3.8, 4) is 0 Å². The van der Waals surface area contributed by atoms with Gasteiger partial charge in [-0.1, -0.05) is 12.1 Å². The summed E-state index contributed by atoms with van der Waals surface area (Å²) in [7, 11) is 0. The Balaban J connectivity index is 2.51. The van der Waals surface area contributed by atoms with Crippen molar-refractivity contribution in [1.29, 1.82) is 0 Å². The number of hydrogen-bond donors (Lipinski definition) is 2. The molecule has 1 aromatic rings. The van der Waals surface area contributed by atoms with Gasteiger partial charge >= 0.3 is 6.18 Å². The van der Waals surface area contributed by atoms with Crippen LogP contribution in [0.3, 0.4) is 0 Å². The first kappa shape index (κ1) is 16.3. The lowest BCUT2D eigenvalue weighted by Gasteiger charge is -2.16. The number of halogens is 3. The van der Waals surface area contributed by atoms with Gasteiger partial charge in [0.1, 0.15) is 0 Å². The first-order chi connectivity index (χ1) is 8.78. The fourth-order valence-electron chi connectivity index (χ4n) is 1.48. The first-order valence-electron chi connectivity index (χ1n) is 5.99. The molecule has 0 fully saturated rings. The molecule has 0 amide bonds. The topological polar surface area (TPSA) is 32.3 Å². The zero-order chi connectivity index (χ0) is 14.5. The van der Waals surface area contributed by atoms with Crippen LogP contribution in [0.15, 0.2) is 29.2 Å². The summed E-state index contributed by atoms with van der Waals surface area (Å²) in [6, 6.07) is 7.03. The Hall–Kier alpha value is -0.720. The Bertz CT molecular complexity index is 378. The summed E-state index contributed by atoms with van der Waals surface area (Å²) >= 11 is 0.781. The Morgan fingerprint density at radius 1 is 1.21 bits per heavy atom. The van der Waals surface area contributed by atoms with Crippen molar-refractivity contribution >= 4 is 11.8 Å². The van der Waals surface area contributed by atoms with Crippen molar-refractivity contribution < 1.29 is 18.3 Å². The molecule has 0 saturated heterocycles. The van der Waals surface area contributed by atoms with Gasteiger partial charge in [-0.2, -0.15) is 13.2 Å². The molecule has 0 heterocycles. The lowest BCUT2D eigenvalue weighted by atomic mass is 10.1. The number of rotatable bonds is 6. The number of benzene rings is 1. The van der Waals surface area contributed by atoms with E-state index in [1.54, 1.807) is 31.2 Å². The van der Waals surface area contributed by atoms with Crippen molar-refractivity contribution in [2.75, 3.05) is 12.3 Å². The molecule has 0 aliphatic carbocycles. The van der Waals surface area contributed by atoms with E-state index in [0.29, 0.717) is 11.4 Å². The Morgan fingerprint density at radius 3 is 2.26 bits per heavy atom. The number of thioether (sulfide) groups is 1. The standard InChI is InChI=1S/C13H18F3NOS/c1-9(18)7-17-10(2)11-3-5-12(6-4-11)19-8-13(14,15)16/h3-6,9-10,17-18H,7-8H2,1-2H3. The Morgan fingerprint density at radius 2 is 1.79 bits per heavy atom. The highest BCUT2D eigenvalue weighted by molar-refractivity contribution is 7.99. The van der Waals surface area contributed by atoms with Crippen LogP contribution in [0.2, 0.25) is 0 Å². The second-order valence-electron chi connectivity index (χ2n) is 4.45. The molecular formula is C13H18F3NOS. The lowest BCUT2D eigenvalue weighted by Crippen LogP contribution is -2.27. The monoisotopic (exact) mass is 293 g/mol. The molecule has 1 aromatic carbocycles. The molecule has 0 aromatic heterocycles. The molecule has 0 saturated carbocycles. The lowest BCUT2D eigenvalue weighted by molar-refractivity contribution is -0.105. The van der Waals surface area contributed by atoms with Gasteiger partial charge in [-0.15, -0.1) is 11.8 Å². The summed E-state index contributed by atoms with van der Waals surface area (Å²) in [5.74, 6) is -0.873. The summed E-state index contributed by atoms with van der Waals surface area (Å²) in [6.07, 6.45) is -4.57. The Labute approximate surface area is 115 Å². The van der Waals surface area contributed by atoms with E-state index in [-0.39, 0.29) is 6.04 Å². The number of hydrogen-bond acceptors (Lipinski definition) is 3. The van der Waals surface area contributed by atoms with Gasteiger partial charge in [-0.25, -0.2) is 0 Å². The van der Waals surface area contributed by atoms with E-state index in [0.717, 1.165) is 17.3 Å². The van der Waals surface area contributed by atoms with Crippen molar-refractivity contribution in [2.24, 2.45) is 0 Å². The second kappa shape index (κ2) is 7.17. The number of nitrogens with one attached hydrogen (secondary N) is 1. The normalized spacial score (nSPS) is 15.3. The fraction of sp³-hybridized carbons (Fsp3) is 0.538. The molecule has 0 radical (unpaired) electrons. The van der Waals surface area contributed by atoms with Crippen LogP contribution in [0.4, 0.5) is 13.2 Å². The van der Waals surface area contributed by atoms with E-state index in [2.05, 4.69) is 5.32 Å². The van der Waals surface area contributed by atoms with Crippen LogP contribution in [0.25, 0.3) is 0 Å². The summed E-state index contributed by atoms with van der Waals surface area (Å²) in [4.78, 5) is 0.601. The van der Waals surface area contributed by atoms with Crippen molar-refractivity contribution in [1.82, 2.24) is 5.32 Å². The zero-order valence-electron chi connectivity index (χ0n) is 10.9. The summed E-state index contributed by atoms with van der Waals surface area (Å²) in [5, 5.41) is 12.3. The summed E-state index contributed by atoms with van der Waals surface area (Å²) in [5.41, 5.74) is 0.983. The zero-order valence-corrected chi connectivity index (χ0v) is 11.7. The Kier molecular flexibility index (Phi) is 6.16. The van der Waals surface area contributed by atoms with Gasteiger partial charge in [0.25, 0.3) is 0 Å². The van der Waals surface area contributed by atoms with Gasteiger partial charge in [0.2, 0.25) is 0 Å². The van der Waals surface area contributed by atoms with Crippen molar-refractivity contribution in [2.45, 2.75) is 37.1 Å². The molecular weight excluding hydrogens is 275 g/mol. The molecule has 2 N–H and O–H groups in total. The second-order valence-corrected chi connectivity index (χ2v) is 5.50. The molecule has 2 nitrogen and oxygen atoms in total. The predicted molar refractivity (Wildman–Crippen MR) is 71.3 cm³/mol. The van der Waals surface area contributed by atoms with Crippen molar-refractivity contribution in [3.63, 3.8) is 0 Å². The quantitative estimate of drug-likeness (QED) is 0.789. The van der Waals surface area contributed by atoms with Crippen LogP contribution in [0.1, 0.15) is 25.5 Å². The minimum absolute atomic E-state index is 0.0521. The van der Waals surface area contributed by atoms with Crippen LogP contribution in [0, 0.1) is 0 Å². The highest BCUT2D eigenvalue weighted by Gasteiger charge is 2.27. The highest BCUT2D eigenvalue weighted by atomic mass is 32.2. The van der Waals surface area contributed by atoms with E-state index >= 15 is 0 Å². The molecule has 108 valence electrons. The third-order valence-electron chi connectivity index (χ3n) is 2.50. The van der Waals surface area contributed by atoms with Gasteiger partial charge in [0, 0.05) is 17.5 Å². The molecule has 0 spiro atoms.